The van der Waals surface area contributed by atoms with Crippen LogP contribution < -0.4 is 0 Å². The summed E-state index contributed by atoms with van der Waals surface area (Å²) < 4.78 is 44.5. The number of hydrogen-bond donors (Lipinski definition) is 0. The Kier molecular flexibility index (Phi) is 5.36. The molecule has 0 spiro atoms. The third-order valence-electron chi connectivity index (χ3n) is 4.33. The van der Waals surface area contributed by atoms with Crippen molar-refractivity contribution in [2.45, 2.75) is 12.6 Å². The minimum Gasteiger partial charge on any atom is -0.461 e. The number of hydrogen-bond acceptors (Lipinski definition) is 2. The average molecular weight is 382 g/mol. The van der Waals surface area contributed by atoms with Crippen molar-refractivity contribution in [3.05, 3.63) is 107 Å². The van der Waals surface area contributed by atoms with E-state index in [1.807, 2.05) is 6.07 Å². The molecular formula is C23H17F3O2. The largest absolute Gasteiger partial charge is 0.461 e. The molecule has 142 valence electrons. The molecule has 0 bridgehead atoms. The number of carbonyl (C=O) groups is 1. The summed E-state index contributed by atoms with van der Waals surface area (Å²) in [7, 11) is 0. The van der Waals surface area contributed by atoms with Crippen LogP contribution in [0, 0.1) is 0 Å². The van der Waals surface area contributed by atoms with E-state index in [0.717, 1.165) is 24.0 Å². The lowest BCUT2D eigenvalue weighted by Crippen LogP contribution is -2.05. The first kappa shape index (κ1) is 19.4. The molecule has 1 aromatic heterocycles. The van der Waals surface area contributed by atoms with Crippen molar-refractivity contribution in [3.63, 3.8) is 0 Å². The van der Waals surface area contributed by atoms with E-state index in [9.17, 15) is 18.0 Å². The first-order valence-corrected chi connectivity index (χ1v) is 8.48. The molecule has 3 aromatic rings. The van der Waals surface area contributed by atoms with Gasteiger partial charge in [-0.2, -0.15) is 13.2 Å². The standard InChI is InChI=1S/C23H17F3O2/c1-3-22-21(15(2)18-8-4-7-17(10-18)14-27)13-20(28-22)12-16-6-5-9-19(11-16)23(24,25)26/h3-11,13-14H,1-2,12H2. The van der Waals surface area contributed by atoms with Gasteiger partial charge in [0.05, 0.1) is 5.56 Å². The van der Waals surface area contributed by atoms with Crippen molar-refractivity contribution in [1.29, 1.82) is 0 Å². The van der Waals surface area contributed by atoms with E-state index in [2.05, 4.69) is 13.2 Å². The molecule has 0 radical (unpaired) electrons. The molecule has 0 aliphatic carbocycles. The highest BCUT2D eigenvalue weighted by molar-refractivity contribution is 5.85. The van der Waals surface area contributed by atoms with Crippen molar-refractivity contribution in [2.75, 3.05) is 0 Å². The lowest BCUT2D eigenvalue weighted by atomic mass is 9.97. The Hall–Kier alpha value is -3.34. The molecule has 0 amide bonds. The van der Waals surface area contributed by atoms with Gasteiger partial charge in [-0.05, 0) is 41.0 Å². The molecule has 0 aliphatic rings. The van der Waals surface area contributed by atoms with Crippen LogP contribution >= 0.6 is 0 Å². The van der Waals surface area contributed by atoms with Crippen LogP contribution in [0.15, 0.2) is 72.2 Å². The van der Waals surface area contributed by atoms with Crippen molar-refractivity contribution < 1.29 is 22.4 Å². The Balaban J connectivity index is 1.92. The number of alkyl halides is 3. The zero-order valence-electron chi connectivity index (χ0n) is 14.9. The number of rotatable bonds is 6. The van der Waals surface area contributed by atoms with E-state index in [0.29, 0.717) is 33.8 Å². The van der Waals surface area contributed by atoms with Gasteiger partial charge in [-0.1, -0.05) is 49.6 Å². The summed E-state index contributed by atoms with van der Waals surface area (Å²) in [6, 6.07) is 13.9. The number of aldehydes is 1. The second-order valence-electron chi connectivity index (χ2n) is 6.29. The third kappa shape index (κ3) is 4.14. The van der Waals surface area contributed by atoms with E-state index in [4.69, 9.17) is 4.42 Å². The lowest BCUT2D eigenvalue weighted by Gasteiger charge is -2.07. The van der Waals surface area contributed by atoms with Gasteiger partial charge in [-0.15, -0.1) is 0 Å². The summed E-state index contributed by atoms with van der Waals surface area (Å²) in [5, 5.41) is 0. The van der Waals surface area contributed by atoms with Gasteiger partial charge in [-0.3, -0.25) is 4.79 Å². The van der Waals surface area contributed by atoms with Gasteiger partial charge in [0.1, 0.15) is 17.8 Å². The molecule has 1 heterocycles. The zero-order valence-corrected chi connectivity index (χ0v) is 14.9. The van der Waals surface area contributed by atoms with Crippen LogP contribution in [0.25, 0.3) is 11.6 Å². The van der Waals surface area contributed by atoms with Crippen molar-refractivity contribution in [1.82, 2.24) is 0 Å². The van der Waals surface area contributed by atoms with E-state index in [-0.39, 0.29) is 6.42 Å². The van der Waals surface area contributed by atoms with Gasteiger partial charge in [-0.25, -0.2) is 0 Å². The quantitative estimate of drug-likeness (QED) is 0.461. The van der Waals surface area contributed by atoms with E-state index < -0.39 is 11.7 Å². The second-order valence-corrected chi connectivity index (χ2v) is 6.29. The number of furan rings is 1. The van der Waals surface area contributed by atoms with E-state index in [1.54, 1.807) is 30.3 Å². The van der Waals surface area contributed by atoms with Crippen LogP contribution in [0.2, 0.25) is 0 Å². The number of benzene rings is 2. The van der Waals surface area contributed by atoms with Crippen molar-refractivity contribution >= 4 is 17.9 Å². The second kappa shape index (κ2) is 7.72. The molecule has 0 unspecified atom stereocenters. The van der Waals surface area contributed by atoms with Crippen LogP contribution in [0.1, 0.15) is 44.1 Å². The third-order valence-corrected chi connectivity index (χ3v) is 4.33. The normalized spacial score (nSPS) is 11.2. The van der Waals surface area contributed by atoms with Gasteiger partial charge < -0.3 is 4.42 Å². The van der Waals surface area contributed by atoms with Crippen LogP contribution in [-0.2, 0) is 12.6 Å². The summed E-state index contributed by atoms with van der Waals surface area (Å²) in [6.07, 6.45) is -1.92. The van der Waals surface area contributed by atoms with Crippen LogP contribution in [0.4, 0.5) is 13.2 Å². The number of carbonyl (C=O) groups excluding carboxylic acids is 1. The average Bonchev–Trinajstić information content (AvgIpc) is 3.09. The Morgan fingerprint density at radius 3 is 2.50 bits per heavy atom. The van der Waals surface area contributed by atoms with Gasteiger partial charge in [0.2, 0.25) is 0 Å². The maximum atomic E-state index is 12.9. The van der Waals surface area contributed by atoms with Crippen LogP contribution in [0.3, 0.4) is 0 Å². The number of halogens is 3. The summed E-state index contributed by atoms with van der Waals surface area (Å²) in [5.41, 5.74) is 2.37. The fourth-order valence-corrected chi connectivity index (χ4v) is 2.95. The monoisotopic (exact) mass is 382 g/mol. The summed E-state index contributed by atoms with van der Waals surface area (Å²) in [4.78, 5) is 11.0. The Labute approximate surface area is 160 Å². The topological polar surface area (TPSA) is 30.2 Å². The van der Waals surface area contributed by atoms with Gasteiger partial charge in [0.25, 0.3) is 0 Å². The molecule has 0 fully saturated rings. The highest BCUT2D eigenvalue weighted by atomic mass is 19.4. The van der Waals surface area contributed by atoms with Gasteiger partial charge in [0, 0.05) is 17.5 Å². The SMILES string of the molecule is C=Cc1oc(Cc2cccc(C(F)(F)F)c2)cc1C(=C)c1cccc(C=O)c1. The fourth-order valence-electron chi connectivity index (χ4n) is 2.95. The molecule has 0 aliphatic heterocycles. The molecule has 2 aromatic carbocycles. The lowest BCUT2D eigenvalue weighted by molar-refractivity contribution is -0.137. The minimum absolute atomic E-state index is 0.201. The smallest absolute Gasteiger partial charge is 0.416 e. The molecule has 0 saturated carbocycles. The summed E-state index contributed by atoms with van der Waals surface area (Å²) in [5.74, 6) is 0.973. The van der Waals surface area contributed by atoms with Crippen LogP contribution in [-0.4, -0.2) is 6.29 Å². The van der Waals surface area contributed by atoms with Gasteiger partial charge >= 0.3 is 6.18 Å². The fraction of sp³-hybridized carbons (Fsp3) is 0.0870. The molecule has 0 saturated heterocycles. The zero-order chi connectivity index (χ0) is 20.3. The minimum atomic E-state index is -4.39. The predicted octanol–water partition coefficient (Wildman–Crippen LogP) is 6.41. The molecule has 5 heteroatoms. The maximum absolute atomic E-state index is 12.9. The highest BCUT2D eigenvalue weighted by Crippen LogP contribution is 2.32. The Morgan fingerprint density at radius 1 is 1.07 bits per heavy atom. The van der Waals surface area contributed by atoms with Gasteiger partial charge in [0.15, 0.2) is 0 Å². The molecule has 0 atom stereocenters. The predicted molar refractivity (Wildman–Crippen MR) is 103 cm³/mol. The van der Waals surface area contributed by atoms with E-state index in [1.165, 1.54) is 12.1 Å². The van der Waals surface area contributed by atoms with E-state index >= 15 is 0 Å². The first-order chi connectivity index (χ1) is 13.3. The molecular weight excluding hydrogens is 365 g/mol. The highest BCUT2D eigenvalue weighted by Gasteiger charge is 2.30. The molecule has 2 nitrogen and oxygen atoms in total. The summed E-state index contributed by atoms with van der Waals surface area (Å²) in [6.45, 7) is 7.80. The van der Waals surface area contributed by atoms with Crippen LogP contribution in [0.5, 0.6) is 0 Å². The van der Waals surface area contributed by atoms with Crippen molar-refractivity contribution in [3.8, 4) is 0 Å². The maximum Gasteiger partial charge on any atom is 0.416 e. The molecule has 0 N–H and O–H groups in total. The molecule has 28 heavy (non-hydrogen) atoms. The van der Waals surface area contributed by atoms with Crippen molar-refractivity contribution in [2.24, 2.45) is 0 Å². The summed E-state index contributed by atoms with van der Waals surface area (Å²) >= 11 is 0. The first-order valence-electron chi connectivity index (χ1n) is 8.48. The Bertz CT molecular complexity index is 1040. The molecule has 3 rings (SSSR count). The Morgan fingerprint density at radius 2 is 1.82 bits per heavy atom.